The van der Waals surface area contributed by atoms with Crippen molar-refractivity contribution in [3.05, 3.63) is 24.0 Å². The highest BCUT2D eigenvalue weighted by Gasteiger charge is 2.23. The summed E-state index contributed by atoms with van der Waals surface area (Å²) in [5.74, 6) is 0.878. The van der Waals surface area contributed by atoms with Crippen LogP contribution in [0.4, 0.5) is 5.69 Å². The highest BCUT2D eigenvalue weighted by atomic mass is 14.7. The zero-order valence-corrected chi connectivity index (χ0v) is 8.32. The summed E-state index contributed by atoms with van der Waals surface area (Å²) >= 11 is 0. The van der Waals surface area contributed by atoms with Crippen LogP contribution in [0.5, 0.6) is 0 Å². The molecule has 1 aromatic heterocycles. The van der Waals surface area contributed by atoms with Crippen LogP contribution < -0.4 is 11.5 Å². The third kappa shape index (κ3) is 2.45. The molecule has 0 aromatic carbocycles. The second-order valence-corrected chi connectivity index (χ2v) is 4.22. The Hall–Kier alpha value is -1.09. The molecule has 1 heterocycles. The van der Waals surface area contributed by atoms with Crippen molar-refractivity contribution < 1.29 is 0 Å². The standard InChI is InChI=1S/C11H17N3/c12-10(5-8-1-2-8)6-9-7-14-4-3-11(9)13/h3-4,7-8,10H,1-2,5-6,12H2,(H2,13,14). The molecule has 1 aromatic rings. The average Bonchev–Trinajstić information content (AvgIpc) is 2.93. The van der Waals surface area contributed by atoms with Gasteiger partial charge in [-0.3, -0.25) is 4.98 Å². The van der Waals surface area contributed by atoms with Crippen LogP contribution >= 0.6 is 0 Å². The van der Waals surface area contributed by atoms with E-state index in [1.165, 1.54) is 12.8 Å². The number of nitrogens with zero attached hydrogens (tertiary/aromatic N) is 1. The van der Waals surface area contributed by atoms with E-state index in [0.717, 1.165) is 30.0 Å². The molecule has 0 saturated heterocycles. The number of hydrogen-bond acceptors (Lipinski definition) is 3. The van der Waals surface area contributed by atoms with Gasteiger partial charge in [-0.15, -0.1) is 0 Å². The van der Waals surface area contributed by atoms with Crippen molar-refractivity contribution in [2.24, 2.45) is 11.7 Å². The smallest absolute Gasteiger partial charge is 0.0378 e. The van der Waals surface area contributed by atoms with Gasteiger partial charge < -0.3 is 11.5 Å². The molecule has 1 aliphatic rings. The molecule has 1 atom stereocenters. The van der Waals surface area contributed by atoms with Crippen LogP contribution in [0.25, 0.3) is 0 Å². The van der Waals surface area contributed by atoms with Crippen molar-refractivity contribution in [1.82, 2.24) is 4.98 Å². The summed E-state index contributed by atoms with van der Waals surface area (Å²) in [6.45, 7) is 0. The summed E-state index contributed by atoms with van der Waals surface area (Å²) in [5.41, 5.74) is 13.7. The Bertz CT molecular complexity index is 307. The number of pyridine rings is 1. The van der Waals surface area contributed by atoms with Crippen molar-refractivity contribution in [2.75, 3.05) is 5.73 Å². The molecule has 14 heavy (non-hydrogen) atoms. The van der Waals surface area contributed by atoms with Crippen molar-refractivity contribution in [3.63, 3.8) is 0 Å². The fourth-order valence-electron chi connectivity index (χ4n) is 1.76. The Kier molecular flexibility index (Phi) is 2.68. The monoisotopic (exact) mass is 191 g/mol. The Morgan fingerprint density at radius 1 is 1.50 bits per heavy atom. The topological polar surface area (TPSA) is 64.9 Å². The van der Waals surface area contributed by atoms with Gasteiger partial charge >= 0.3 is 0 Å². The van der Waals surface area contributed by atoms with Gasteiger partial charge in [0.2, 0.25) is 0 Å². The van der Waals surface area contributed by atoms with Crippen LogP contribution in [0.2, 0.25) is 0 Å². The van der Waals surface area contributed by atoms with Gasteiger partial charge in [0, 0.05) is 24.1 Å². The van der Waals surface area contributed by atoms with Gasteiger partial charge in [0.15, 0.2) is 0 Å². The van der Waals surface area contributed by atoms with Crippen LogP contribution in [-0.4, -0.2) is 11.0 Å². The van der Waals surface area contributed by atoms with Crippen molar-refractivity contribution in [3.8, 4) is 0 Å². The molecule has 4 N–H and O–H groups in total. The van der Waals surface area contributed by atoms with E-state index in [-0.39, 0.29) is 6.04 Å². The molecule has 0 bridgehead atoms. The minimum atomic E-state index is 0.244. The molecule has 1 saturated carbocycles. The van der Waals surface area contributed by atoms with E-state index < -0.39 is 0 Å². The first kappa shape index (κ1) is 9.46. The average molecular weight is 191 g/mol. The summed E-state index contributed by atoms with van der Waals surface area (Å²) in [4.78, 5) is 4.06. The summed E-state index contributed by atoms with van der Waals surface area (Å²) in [5, 5.41) is 0. The van der Waals surface area contributed by atoms with E-state index in [0.29, 0.717) is 0 Å². The molecular formula is C11H17N3. The van der Waals surface area contributed by atoms with Crippen LogP contribution in [0.1, 0.15) is 24.8 Å². The molecule has 3 nitrogen and oxygen atoms in total. The van der Waals surface area contributed by atoms with E-state index in [1.807, 2.05) is 12.3 Å². The largest absolute Gasteiger partial charge is 0.398 e. The highest BCUT2D eigenvalue weighted by Crippen LogP contribution is 2.33. The summed E-state index contributed by atoms with van der Waals surface area (Å²) < 4.78 is 0. The van der Waals surface area contributed by atoms with E-state index in [4.69, 9.17) is 11.5 Å². The molecular weight excluding hydrogens is 174 g/mol. The maximum absolute atomic E-state index is 6.03. The molecule has 2 rings (SSSR count). The summed E-state index contributed by atoms with van der Waals surface area (Å²) in [7, 11) is 0. The first-order chi connectivity index (χ1) is 6.75. The molecule has 0 spiro atoms. The highest BCUT2D eigenvalue weighted by molar-refractivity contribution is 5.44. The zero-order chi connectivity index (χ0) is 9.97. The second kappa shape index (κ2) is 3.96. The zero-order valence-electron chi connectivity index (χ0n) is 8.32. The van der Waals surface area contributed by atoms with Gasteiger partial charge in [0.05, 0.1) is 0 Å². The first-order valence-corrected chi connectivity index (χ1v) is 5.19. The normalized spacial score (nSPS) is 18.1. The Labute approximate surface area is 84.5 Å². The third-order valence-corrected chi connectivity index (χ3v) is 2.76. The van der Waals surface area contributed by atoms with Gasteiger partial charge in [0.1, 0.15) is 0 Å². The fourth-order valence-corrected chi connectivity index (χ4v) is 1.76. The predicted octanol–water partition coefficient (Wildman–Crippen LogP) is 1.33. The lowest BCUT2D eigenvalue weighted by Gasteiger charge is -2.11. The minimum Gasteiger partial charge on any atom is -0.398 e. The maximum atomic E-state index is 6.03. The molecule has 1 fully saturated rings. The van der Waals surface area contributed by atoms with Crippen molar-refractivity contribution >= 4 is 5.69 Å². The lowest BCUT2D eigenvalue weighted by molar-refractivity contribution is 0.566. The number of nitrogens with two attached hydrogens (primary N) is 2. The quantitative estimate of drug-likeness (QED) is 0.754. The van der Waals surface area contributed by atoms with E-state index >= 15 is 0 Å². The maximum Gasteiger partial charge on any atom is 0.0378 e. The van der Waals surface area contributed by atoms with Crippen molar-refractivity contribution in [2.45, 2.75) is 31.7 Å². The minimum absolute atomic E-state index is 0.244. The van der Waals surface area contributed by atoms with Crippen LogP contribution in [0, 0.1) is 5.92 Å². The number of anilines is 1. The number of nitrogen functional groups attached to an aromatic ring is 1. The summed E-state index contributed by atoms with van der Waals surface area (Å²) in [6, 6.07) is 2.08. The molecule has 0 amide bonds. The number of rotatable bonds is 4. The molecule has 0 aliphatic heterocycles. The second-order valence-electron chi connectivity index (χ2n) is 4.22. The van der Waals surface area contributed by atoms with E-state index in [2.05, 4.69) is 4.98 Å². The Balaban J connectivity index is 1.91. The van der Waals surface area contributed by atoms with Gasteiger partial charge in [-0.25, -0.2) is 0 Å². The number of aromatic nitrogens is 1. The van der Waals surface area contributed by atoms with Crippen LogP contribution in [0.3, 0.4) is 0 Å². The fraction of sp³-hybridized carbons (Fsp3) is 0.545. The molecule has 1 unspecified atom stereocenters. The van der Waals surface area contributed by atoms with E-state index in [1.54, 1.807) is 6.20 Å². The van der Waals surface area contributed by atoms with Crippen molar-refractivity contribution in [1.29, 1.82) is 0 Å². The van der Waals surface area contributed by atoms with Gasteiger partial charge in [0.25, 0.3) is 0 Å². The first-order valence-electron chi connectivity index (χ1n) is 5.19. The molecule has 76 valence electrons. The molecule has 1 aliphatic carbocycles. The Morgan fingerprint density at radius 2 is 2.29 bits per heavy atom. The molecule has 0 radical (unpaired) electrons. The van der Waals surface area contributed by atoms with E-state index in [9.17, 15) is 0 Å². The van der Waals surface area contributed by atoms with Gasteiger partial charge in [-0.2, -0.15) is 0 Å². The lowest BCUT2D eigenvalue weighted by Crippen LogP contribution is -2.23. The van der Waals surface area contributed by atoms with Crippen LogP contribution in [-0.2, 0) is 6.42 Å². The third-order valence-electron chi connectivity index (χ3n) is 2.76. The summed E-state index contributed by atoms with van der Waals surface area (Å²) in [6.07, 6.45) is 8.24. The van der Waals surface area contributed by atoms with Gasteiger partial charge in [-0.05, 0) is 30.4 Å². The van der Waals surface area contributed by atoms with Crippen LogP contribution in [0.15, 0.2) is 18.5 Å². The SMILES string of the molecule is Nc1ccncc1CC(N)CC1CC1. The Morgan fingerprint density at radius 3 is 2.93 bits per heavy atom. The van der Waals surface area contributed by atoms with Gasteiger partial charge in [-0.1, -0.05) is 12.8 Å². The lowest BCUT2D eigenvalue weighted by atomic mass is 10.0. The predicted molar refractivity (Wildman–Crippen MR) is 57.7 cm³/mol. The number of hydrogen-bond donors (Lipinski definition) is 2. The molecule has 3 heteroatoms.